The quantitative estimate of drug-likeness (QED) is 0.448. The van der Waals surface area contributed by atoms with Crippen molar-refractivity contribution in [3.05, 3.63) is 72.8 Å². The lowest BCUT2D eigenvalue weighted by Crippen LogP contribution is -2.30. The molecule has 152 valence electrons. The zero-order chi connectivity index (χ0) is 20.9. The minimum atomic E-state index is -0.159. The Hall–Kier alpha value is -3.58. The number of para-hydroxylation sites is 4. The molecule has 0 aliphatic rings. The second kappa shape index (κ2) is 8.84. The number of likely N-dealkylation sites (N-methyl/N-ethyl adjacent to an activating group) is 1. The molecule has 3 aromatic carbocycles. The van der Waals surface area contributed by atoms with Crippen LogP contribution in [0.4, 0.5) is 10.8 Å². The van der Waals surface area contributed by atoms with Crippen LogP contribution in [0.15, 0.2) is 72.8 Å². The van der Waals surface area contributed by atoms with Crippen molar-refractivity contribution in [3.63, 3.8) is 0 Å². The average Bonchev–Trinajstić information content (AvgIpc) is 3.20. The molecule has 4 rings (SSSR count). The van der Waals surface area contributed by atoms with Crippen LogP contribution in [0.5, 0.6) is 17.2 Å². The first-order valence-electron chi connectivity index (χ1n) is 9.40. The smallest absolute Gasteiger partial charge is 0.244 e. The Morgan fingerprint density at radius 1 is 1.00 bits per heavy atom. The lowest BCUT2D eigenvalue weighted by atomic mass is 10.3. The molecule has 7 heteroatoms. The predicted octanol–water partition coefficient (Wildman–Crippen LogP) is 5.17. The minimum Gasteiger partial charge on any atom is -0.494 e. The van der Waals surface area contributed by atoms with Gasteiger partial charge in [0.15, 0.2) is 10.9 Å². The number of benzene rings is 3. The Morgan fingerprint density at radius 2 is 1.73 bits per heavy atom. The maximum Gasteiger partial charge on any atom is 0.244 e. The van der Waals surface area contributed by atoms with E-state index in [4.69, 9.17) is 9.47 Å². The van der Waals surface area contributed by atoms with E-state index in [0.29, 0.717) is 17.2 Å². The number of anilines is 2. The van der Waals surface area contributed by atoms with E-state index in [1.54, 1.807) is 7.11 Å². The number of aromatic nitrogens is 1. The van der Waals surface area contributed by atoms with Crippen molar-refractivity contribution < 1.29 is 14.3 Å². The Labute approximate surface area is 178 Å². The van der Waals surface area contributed by atoms with Gasteiger partial charge in [0.2, 0.25) is 5.91 Å². The second-order valence-electron chi connectivity index (χ2n) is 6.62. The maximum atomic E-state index is 12.7. The number of ether oxygens (including phenoxy) is 2. The van der Waals surface area contributed by atoms with Crippen molar-refractivity contribution in [2.75, 3.05) is 30.9 Å². The van der Waals surface area contributed by atoms with Crippen LogP contribution in [0, 0.1) is 0 Å². The van der Waals surface area contributed by atoms with Crippen LogP contribution in [-0.2, 0) is 4.79 Å². The summed E-state index contributed by atoms with van der Waals surface area (Å²) in [5, 5.41) is 3.68. The third kappa shape index (κ3) is 4.36. The van der Waals surface area contributed by atoms with E-state index >= 15 is 0 Å². The van der Waals surface area contributed by atoms with Gasteiger partial charge >= 0.3 is 0 Å². The molecular weight excluding hydrogens is 398 g/mol. The highest BCUT2D eigenvalue weighted by atomic mass is 32.1. The summed E-state index contributed by atoms with van der Waals surface area (Å²) < 4.78 is 12.3. The van der Waals surface area contributed by atoms with E-state index in [-0.39, 0.29) is 12.5 Å². The third-order valence-electron chi connectivity index (χ3n) is 4.43. The summed E-state index contributed by atoms with van der Waals surface area (Å²) >= 11 is 1.52. The second-order valence-corrected chi connectivity index (χ2v) is 7.63. The van der Waals surface area contributed by atoms with Crippen molar-refractivity contribution in [1.82, 2.24) is 4.98 Å². The fourth-order valence-corrected chi connectivity index (χ4v) is 3.93. The number of nitrogens with one attached hydrogen (secondary N) is 1. The molecule has 1 heterocycles. The van der Waals surface area contributed by atoms with E-state index < -0.39 is 0 Å². The number of amides is 1. The van der Waals surface area contributed by atoms with E-state index in [2.05, 4.69) is 10.3 Å². The Bertz CT molecular complexity index is 1160. The molecule has 0 aliphatic heterocycles. The van der Waals surface area contributed by atoms with Gasteiger partial charge < -0.3 is 19.7 Å². The summed E-state index contributed by atoms with van der Waals surface area (Å²) in [4.78, 5) is 19.1. The van der Waals surface area contributed by atoms with Gasteiger partial charge in [-0.2, -0.15) is 0 Å². The lowest BCUT2D eigenvalue weighted by Gasteiger charge is -2.16. The highest BCUT2D eigenvalue weighted by Crippen LogP contribution is 2.34. The molecule has 0 radical (unpaired) electrons. The fraction of sp³-hybridized carbons (Fsp3) is 0.130. The molecule has 0 atom stereocenters. The molecule has 0 spiro atoms. The Morgan fingerprint density at radius 3 is 2.53 bits per heavy atom. The molecule has 1 aromatic heterocycles. The number of nitrogens with zero attached hydrogens (tertiary/aromatic N) is 2. The molecule has 0 fully saturated rings. The molecule has 0 bridgehead atoms. The highest BCUT2D eigenvalue weighted by Gasteiger charge is 2.15. The monoisotopic (exact) mass is 419 g/mol. The van der Waals surface area contributed by atoms with E-state index in [1.807, 2.05) is 84.7 Å². The molecule has 30 heavy (non-hydrogen) atoms. The van der Waals surface area contributed by atoms with Crippen molar-refractivity contribution in [1.29, 1.82) is 0 Å². The summed E-state index contributed by atoms with van der Waals surface area (Å²) in [5.74, 6) is 1.86. The molecule has 1 N–H and O–H groups in total. The van der Waals surface area contributed by atoms with E-state index in [1.165, 1.54) is 11.3 Å². The summed E-state index contributed by atoms with van der Waals surface area (Å²) in [6.07, 6.45) is 0. The fourth-order valence-electron chi connectivity index (χ4n) is 2.99. The average molecular weight is 420 g/mol. The van der Waals surface area contributed by atoms with Crippen LogP contribution in [0.3, 0.4) is 0 Å². The molecule has 0 aliphatic carbocycles. The minimum absolute atomic E-state index is 0.155. The van der Waals surface area contributed by atoms with E-state index in [9.17, 15) is 4.79 Å². The van der Waals surface area contributed by atoms with Crippen LogP contribution in [-0.4, -0.2) is 31.6 Å². The van der Waals surface area contributed by atoms with Crippen LogP contribution >= 0.6 is 11.3 Å². The molecule has 0 saturated heterocycles. The van der Waals surface area contributed by atoms with Gasteiger partial charge in [-0.3, -0.25) is 4.79 Å². The number of rotatable bonds is 7. The van der Waals surface area contributed by atoms with Gasteiger partial charge in [-0.25, -0.2) is 4.98 Å². The molecule has 4 aromatic rings. The maximum absolute atomic E-state index is 12.7. The summed E-state index contributed by atoms with van der Waals surface area (Å²) in [5.41, 5.74) is 1.42. The Balaban J connectivity index is 1.46. The first kappa shape index (κ1) is 19.7. The van der Waals surface area contributed by atoms with Gasteiger partial charge in [-0.05, 0) is 36.4 Å². The highest BCUT2D eigenvalue weighted by molar-refractivity contribution is 7.22. The van der Waals surface area contributed by atoms with Crippen molar-refractivity contribution in [3.8, 4) is 17.2 Å². The SMILES string of the molecule is COc1cccc2sc(N(C)CC(=O)Nc3ccccc3Oc3ccccc3)nc12. The number of carbonyl (C=O) groups excluding carboxylic acids is 1. The number of hydrogen-bond acceptors (Lipinski definition) is 6. The van der Waals surface area contributed by atoms with Gasteiger partial charge in [0.1, 0.15) is 17.0 Å². The van der Waals surface area contributed by atoms with Crippen LogP contribution in [0.2, 0.25) is 0 Å². The number of methoxy groups -OCH3 is 1. The van der Waals surface area contributed by atoms with Crippen molar-refractivity contribution in [2.24, 2.45) is 0 Å². The van der Waals surface area contributed by atoms with Crippen LogP contribution < -0.4 is 19.7 Å². The normalized spacial score (nSPS) is 10.6. The lowest BCUT2D eigenvalue weighted by molar-refractivity contribution is -0.114. The first-order valence-corrected chi connectivity index (χ1v) is 10.2. The van der Waals surface area contributed by atoms with Crippen molar-refractivity contribution >= 4 is 38.3 Å². The number of thiazole rings is 1. The number of fused-ring (bicyclic) bond motifs is 1. The molecule has 6 nitrogen and oxygen atoms in total. The predicted molar refractivity (Wildman–Crippen MR) is 121 cm³/mol. The van der Waals surface area contributed by atoms with Crippen molar-refractivity contribution in [2.45, 2.75) is 0 Å². The summed E-state index contributed by atoms with van der Waals surface area (Å²) in [6.45, 7) is 0.155. The number of hydrogen-bond donors (Lipinski definition) is 1. The largest absolute Gasteiger partial charge is 0.494 e. The zero-order valence-corrected chi connectivity index (χ0v) is 17.5. The number of carbonyl (C=O) groups is 1. The van der Waals surface area contributed by atoms with Gasteiger partial charge in [0.05, 0.1) is 24.0 Å². The first-order chi connectivity index (χ1) is 14.6. The van der Waals surface area contributed by atoms with Gasteiger partial charge in [-0.1, -0.05) is 47.7 Å². The Kier molecular flexibility index (Phi) is 5.81. The molecule has 1 amide bonds. The standard InChI is InChI=1S/C23H21N3O3S/c1-26(23-25-22-19(28-2)13-8-14-20(22)30-23)15-21(27)24-17-11-6-7-12-18(17)29-16-9-4-3-5-10-16/h3-14H,15H2,1-2H3,(H,24,27). The summed E-state index contributed by atoms with van der Waals surface area (Å²) in [7, 11) is 3.47. The van der Waals surface area contributed by atoms with E-state index in [0.717, 1.165) is 21.1 Å². The van der Waals surface area contributed by atoms with Crippen LogP contribution in [0.25, 0.3) is 10.2 Å². The summed E-state index contributed by atoms with van der Waals surface area (Å²) in [6, 6.07) is 22.6. The molecular formula is C23H21N3O3S. The van der Waals surface area contributed by atoms with Gasteiger partial charge in [0.25, 0.3) is 0 Å². The van der Waals surface area contributed by atoms with Crippen LogP contribution in [0.1, 0.15) is 0 Å². The topological polar surface area (TPSA) is 63.7 Å². The third-order valence-corrected chi connectivity index (χ3v) is 5.56. The molecule has 0 saturated carbocycles. The molecule has 0 unspecified atom stereocenters. The zero-order valence-electron chi connectivity index (χ0n) is 16.7. The van der Waals surface area contributed by atoms with Gasteiger partial charge in [0, 0.05) is 7.05 Å². The van der Waals surface area contributed by atoms with Gasteiger partial charge in [-0.15, -0.1) is 0 Å².